The summed E-state index contributed by atoms with van der Waals surface area (Å²) in [5, 5.41) is 22.9. The van der Waals surface area contributed by atoms with Crippen LogP contribution in [0.5, 0.6) is 0 Å². The summed E-state index contributed by atoms with van der Waals surface area (Å²) in [4.78, 5) is 21.4. The molecule has 0 bridgehead atoms. The molecule has 0 spiro atoms. The zero-order valence-corrected chi connectivity index (χ0v) is 9.98. The molecule has 0 saturated carbocycles. The van der Waals surface area contributed by atoms with Crippen molar-refractivity contribution in [3.63, 3.8) is 0 Å². The smallest absolute Gasteiger partial charge is 0.320 e. The first-order chi connectivity index (χ1) is 7.99. The molecule has 0 aromatic rings. The molecule has 7 nitrogen and oxygen atoms in total. The van der Waals surface area contributed by atoms with Crippen molar-refractivity contribution in [1.29, 1.82) is 0 Å². The molecule has 0 radical (unpaired) electrons. The normalized spacial score (nSPS) is 14.2. The maximum absolute atomic E-state index is 10.9. The highest BCUT2D eigenvalue weighted by Crippen LogP contribution is 2.00. The van der Waals surface area contributed by atoms with E-state index in [1.54, 1.807) is 0 Å². The van der Waals surface area contributed by atoms with Crippen molar-refractivity contribution >= 4 is 11.9 Å². The molecule has 0 aliphatic heterocycles. The van der Waals surface area contributed by atoms with E-state index in [0.29, 0.717) is 13.0 Å². The van der Waals surface area contributed by atoms with Gasteiger partial charge in [-0.15, -0.1) is 0 Å². The Hall–Kier alpha value is -1.18. The fraction of sp³-hybridized carbons (Fsp3) is 0.800. The standard InChI is InChI=1S/C10H21N3O4/c1-7(9(14)15)12-6-13-8(10(16)17)4-2-3-5-11/h7-8,12-13H,2-6,11H2,1H3,(H,14,15)(H,16,17)/t7-,8-/m0/s1. The van der Waals surface area contributed by atoms with Gasteiger partial charge in [-0.2, -0.15) is 0 Å². The summed E-state index contributed by atoms with van der Waals surface area (Å²) in [5.74, 6) is -1.91. The van der Waals surface area contributed by atoms with Gasteiger partial charge in [0, 0.05) is 6.67 Å². The first kappa shape index (κ1) is 15.8. The highest BCUT2D eigenvalue weighted by Gasteiger charge is 2.16. The monoisotopic (exact) mass is 247 g/mol. The van der Waals surface area contributed by atoms with Gasteiger partial charge in [0.1, 0.15) is 12.1 Å². The van der Waals surface area contributed by atoms with Crippen molar-refractivity contribution in [3.05, 3.63) is 0 Å². The van der Waals surface area contributed by atoms with Crippen LogP contribution >= 0.6 is 0 Å². The number of carboxylic acids is 2. The second-order valence-electron chi connectivity index (χ2n) is 3.82. The summed E-state index contributed by atoms with van der Waals surface area (Å²) in [6.45, 7) is 2.18. The average molecular weight is 247 g/mol. The quantitative estimate of drug-likeness (QED) is 0.252. The maximum Gasteiger partial charge on any atom is 0.320 e. The molecular weight excluding hydrogens is 226 g/mol. The van der Waals surface area contributed by atoms with E-state index >= 15 is 0 Å². The van der Waals surface area contributed by atoms with Gasteiger partial charge < -0.3 is 15.9 Å². The summed E-state index contributed by atoms with van der Waals surface area (Å²) in [7, 11) is 0. The Bertz CT molecular complexity index is 248. The van der Waals surface area contributed by atoms with E-state index < -0.39 is 24.0 Å². The third-order valence-corrected chi connectivity index (χ3v) is 2.37. The van der Waals surface area contributed by atoms with Crippen LogP contribution in [0.2, 0.25) is 0 Å². The zero-order valence-electron chi connectivity index (χ0n) is 9.98. The van der Waals surface area contributed by atoms with Crippen molar-refractivity contribution in [2.24, 2.45) is 5.73 Å². The molecule has 100 valence electrons. The van der Waals surface area contributed by atoms with Crippen molar-refractivity contribution in [1.82, 2.24) is 10.6 Å². The second-order valence-corrected chi connectivity index (χ2v) is 3.82. The largest absolute Gasteiger partial charge is 0.480 e. The van der Waals surface area contributed by atoms with E-state index in [1.165, 1.54) is 6.92 Å². The third-order valence-electron chi connectivity index (χ3n) is 2.37. The molecule has 0 rings (SSSR count). The molecule has 17 heavy (non-hydrogen) atoms. The van der Waals surface area contributed by atoms with Gasteiger partial charge in [-0.25, -0.2) is 0 Å². The van der Waals surface area contributed by atoms with Crippen molar-refractivity contribution in [2.75, 3.05) is 13.2 Å². The van der Waals surface area contributed by atoms with Crippen molar-refractivity contribution in [3.8, 4) is 0 Å². The number of hydrogen-bond donors (Lipinski definition) is 5. The number of hydrogen-bond acceptors (Lipinski definition) is 5. The average Bonchev–Trinajstić information content (AvgIpc) is 2.26. The number of carboxylic acid groups (broad SMARTS) is 2. The van der Waals surface area contributed by atoms with Gasteiger partial charge in [0.25, 0.3) is 0 Å². The lowest BCUT2D eigenvalue weighted by Crippen LogP contribution is -2.46. The highest BCUT2D eigenvalue weighted by molar-refractivity contribution is 5.73. The molecule has 0 saturated heterocycles. The Kier molecular flexibility index (Phi) is 8.29. The SMILES string of the molecule is C[C@H](NCN[C@@H](CCCCN)C(=O)O)C(=O)O. The molecule has 0 aliphatic rings. The minimum absolute atomic E-state index is 0.146. The molecule has 2 atom stereocenters. The summed E-state index contributed by atoms with van der Waals surface area (Å²) >= 11 is 0. The van der Waals surface area contributed by atoms with Crippen molar-refractivity contribution < 1.29 is 19.8 Å². The van der Waals surface area contributed by atoms with E-state index in [2.05, 4.69) is 10.6 Å². The number of carbonyl (C=O) groups is 2. The molecule has 0 aliphatic carbocycles. The molecule has 0 heterocycles. The fourth-order valence-electron chi connectivity index (χ4n) is 1.23. The lowest BCUT2D eigenvalue weighted by atomic mass is 10.1. The van der Waals surface area contributed by atoms with Crippen molar-refractivity contribution in [2.45, 2.75) is 38.3 Å². The van der Waals surface area contributed by atoms with Gasteiger partial charge in [-0.1, -0.05) is 6.42 Å². The third kappa shape index (κ3) is 7.67. The Morgan fingerprint density at radius 1 is 1.18 bits per heavy atom. The maximum atomic E-state index is 10.9. The van der Waals surface area contributed by atoms with E-state index in [-0.39, 0.29) is 6.67 Å². The van der Waals surface area contributed by atoms with Crippen LogP contribution in [0.25, 0.3) is 0 Å². The van der Waals surface area contributed by atoms with Gasteiger partial charge in [-0.05, 0) is 26.3 Å². The van der Waals surface area contributed by atoms with E-state index in [4.69, 9.17) is 15.9 Å². The highest BCUT2D eigenvalue weighted by atomic mass is 16.4. The van der Waals surface area contributed by atoms with Crippen LogP contribution in [-0.4, -0.2) is 47.4 Å². The zero-order chi connectivity index (χ0) is 13.3. The van der Waals surface area contributed by atoms with Crippen LogP contribution in [0.3, 0.4) is 0 Å². The Labute approximate surface area is 100 Å². The van der Waals surface area contributed by atoms with Crippen LogP contribution in [0.1, 0.15) is 26.2 Å². The summed E-state index contributed by atoms with van der Waals surface area (Å²) in [6, 6.07) is -1.38. The number of nitrogens with one attached hydrogen (secondary N) is 2. The molecule has 0 unspecified atom stereocenters. The predicted octanol–water partition coefficient (Wildman–Crippen LogP) is -0.822. The number of aliphatic carboxylic acids is 2. The second kappa shape index (κ2) is 8.91. The lowest BCUT2D eigenvalue weighted by Gasteiger charge is -2.16. The van der Waals surface area contributed by atoms with Gasteiger partial charge in [0.05, 0.1) is 0 Å². The molecular formula is C10H21N3O4. The van der Waals surface area contributed by atoms with E-state index in [9.17, 15) is 9.59 Å². The van der Waals surface area contributed by atoms with Crippen LogP contribution in [-0.2, 0) is 9.59 Å². The van der Waals surface area contributed by atoms with Crippen LogP contribution < -0.4 is 16.4 Å². The van der Waals surface area contributed by atoms with E-state index in [1.807, 2.05) is 0 Å². The molecule has 6 N–H and O–H groups in total. The van der Waals surface area contributed by atoms with Crippen LogP contribution in [0.15, 0.2) is 0 Å². The van der Waals surface area contributed by atoms with E-state index in [0.717, 1.165) is 12.8 Å². The topological polar surface area (TPSA) is 125 Å². The van der Waals surface area contributed by atoms with Gasteiger partial charge in [-0.3, -0.25) is 20.2 Å². The van der Waals surface area contributed by atoms with Crippen LogP contribution in [0, 0.1) is 0 Å². The summed E-state index contributed by atoms with van der Waals surface area (Å²) in [5.41, 5.74) is 5.32. The Morgan fingerprint density at radius 2 is 1.82 bits per heavy atom. The van der Waals surface area contributed by atoms with Crippen LogP contribution in [0.4, 0.5) is 0 Å². The minimum Gasteiger partial charge on any atom is -0.480 e. The number of unbranched alkanes of at least 4 members (excludes halogenated alkanes) is 1. The summed E-state index contributed by atoms with van der Waals surface area (Å²) < 4.78 is 0. The molecule has 0 aromatic heterocycles. The molecule has 0 aromatic carbocycles. The lowest BCUT2D eigenvalue weighted by molar-refractivity contribution is -0.139. The minimum atomic E-state index is -0.971. The fourth-order valence-corrected chi connectivity index (χ4v) is 1.23. The van der Waals surface area contributed by atoms with Gasteiger partial charge in [0.15, 0.2) is 0 Å². The Morgan fingerprint density at radius 3 is 2.29 bits per heavy atom. The number of nitrogens with two attached hydrogens (primary N) is 1. The molecule has 7 heteroatoms. The molecule has 0 amide bonds. The van der Waals surface area contributed by atoms with Gasteiger partial charge in [0.2, 0.25) is 0 Å². The molecule has 0 fully saturated rings. The predicted molar refractivity (Wildman–Crippen MR) is 62.6 cm³/mol. The first-order valence-corrected chi connectivity index (χ1v) is 5.61. The van der Waals surface area contributed by atoms with Gasteiger partial charge >= 0.3 is 11.9 Å². The summed E-state index contributed by atoms with van der Waals surface area (Å²) in [6.07, 6.45) is 2.00. The first-order valence-electron chi connectivity index (χ1n) is 5.61. The number of rotatable bonds is 10. The Balaban J connectivity index is 3.85.